The SMILES string of the molecule is CCn1nc(-c2cccc(-c3ccc(C(=O)NC4CCC4)cc3)c2)cc(Nc2cncc3ccccc23)c1=O. The molecule has 1 aliphatic rings. The average molecular weight is 516 g/mol. The van der Waals surface area contributed by atoms with Gasteiger partial charge in [0.25, 0.3) is 11.5 Å². The van der Waals surface area contributed by atoms with Crippen molar-refractivity contribution in [2.24, 2.45) is 0 Å². The third-order valence-corrected chi connectivity index (χ3v) is 7.29. The highest BCUT2D eigenvalue weighted by Gasteiger charge is 2.20. The molecule has 1 saturated carbocycles. The van der Waals surface area contributed by atoms with Crippen LogP contribution in [0.3, 0.4) is 0 Å². The highest BCUT2D eigenvalue weighted by Crippen LogP contribution is 2.29. The molecule has 39 heavy (non-hydrogen) atoms. The van der Waals surface area contributed by atoms with Crippen LogP contribution in [0.5, 0.6) is 0 Å². The van der Waals surface area contributed by atoms with Gasteiger partial charge in [0.1, 0.15) is 5.69 Å². The largest absolute Gasteiger partial charge is 0.349 e. The molecule has 5 aromatic rings. The number of aryl methyl sites for hydroxylation is 1. The van der Waals surface area contributed by atoms with Crippen molar-refractivity contribution < 1.29 is 4.79 Å². The van der Waals surface area contributed by atoms with Crippen LogP contribution in [0.25, 0.3) is 33.2 Å². The molecule has 0 spiro atoms. The number of fused-ring (bicyclic) bond motifs is 1. The molecule has 194 valence electrons. The maximum Gasteiger partial charge on any atom is 0.290 e. The molecule has 0 saturated heterocycles. The van der Waals surface area contributed by atoms with E-state index in [1.165, 1.54) is 11.1 Å². The first-order valence-electron chi connectivity index (χ1n) is 13.3. The predicted molar refractivity (Wildman–Crippen MR) is 155 cm³/mol. The lowest BCUT2D eigenvalue weighted by molar-refractivity contribution is 0.0917. The number of anilines is 2. The van der Waals surface area contributed by atoms with E-state index in [9.17, 15) is 9.59 Å². The smallest absolute Gasteiger partial charge is 0.290 e. The number of nitrogens with zero attached hydrogens (tertiary/aromatic N) is 3. The molecule has 0 atom stereocenters. The van der Waals surface area contributed by atoms with Crippen LogP contribution < -0.4 is 16.2 Å². The Morgan fingerprint density at radius 3 is 2.46 bits per heavy atom. The standard InChI is InChI=1S/C32H29N5O2/c1-2-37-32(39)29(35-30-20-33-19-25-7-3-4-12-27(25)30)18-28(36-37)24-9-5-8-23(17-24)21-13-15-22(16-14-21)31(38)34-26-10-6-11-26/h3-5,7-9,12-20,26,35H,2,6,10-11H2,1H3,(H,34,38). The van der Waals surface area contributed by atoms with E-state index in [4.69, 9.17) is 0 Å². The number of benzene rings is 3. The molecule has 0 aliphatic heterocycles. The second-order valence-electron chi connectivity index (χ2n) is 9.86. The van der Waals surface area contributed by atoms with Crippen LogP contribution in [0, 0.1) is 0 Å². The Morgan fingerprint density at radius 2 is 1.69 bits per heavy atom. The van der Waals surface area contributed by atoms with Crippen molar-refractivity contribution in [3.05, 3.63) is 107 Å². The maximum atomic E-state index is 13.2. The molecule has 1 amide bonds. The van der Waals surface area contributed by atoms with Gasteiger partial charge < -0.3 is 10.6 Å². The summed E-state index contributed by atoms with van der Waals surface area (Å²) in [6, 6.07) is 25.8. The van der Waals surface area contributed by atoms with Crippen molar-refractivity contribution in [3.8, 4) is 22.4 Å². The Hall–Kier alpha value is -4.78. The van der Waals surface area contributed by atoms with Crippen molar-refractivity contribution in [1.82, 2.24) is 20.1 Å². The Balaban J connectivity index is 1.31. The Morgan fingerprint density at radius 1 is 0.897 bits per heavy atom. The summed E-state index contributed by atoms with van der Waals surface area (Å²) in [4.78, 5) is 30.0. The molecule has 1 aliphatic carbocycles. The van der Waals surface area contributed by atoms with Gasteiger partial charge in [-0.05, 0) is 61.6 Å². The molecule has 2 aromatic heterocycles. The summed E-state index contributed by atoms with van der Waals surface area (Å²) in [7, 11) is 0. The molecule has 7 heteroatoms. The fourth-order valence-corrected chi connectivity index (χ4v) is 4.84. The molecule has 2 heterocycles. The molecular formula is C32H29N5O2. The van der Waals surface area contributed by atoms with Gasteiger partial charge in [0.15, 0.2) is 0 Å². The lowest BCUT2D eigenvalue weighted by Gasteiger charge is -2.26. The third-order valence-electron chi connectivity index (χ3n) is 7.29. The van der Waals surface area contributed by atoms with Crippen LogP contribution in [0.1, 0.15) is 36.5 Å². The van der Waals surface area contributed by atoms with E-state index in [0.717, 1.165) is 46.0 Å². The predicted octanol–water partition coefficient (Wildman–Crippen LogP) is 6.17. The van der Waals surface area contributed by atoms with Gasteiger partial charge >= 0.3 is 0 Å². The van der Waals surface area contributed by atoms with Crippen molar-refractivity contribution >= 4 is 28.1 Å². The van der Waals surface area contributed by atoms with Gasteiger partial charge in [-0.1, -0.05) is 54.6 Å². The number of pyridine rings is 1. The monoisotopic (exact) mass is 515 g/mol. The van der Waals surface area contributed by atoms with Gasteiger partial charge in [-0.25, -0.2) is 4.68 Å². The summed E-state index contributed by atoms with van der Waals surface area (Å²) in [6.45, 7) is 2.35. The van der Waals surface area contributed by atoms with Crippen molar-refractivity contribution in [2.45, 2.75) is 38.8 Å². The molecule has 3 aromatic carbocycles. The molecule has 1 fully saturated rings. The van der Waals surface area contributed by atoms with Gasteiger partial charge in [-0.2, -0.15) is 5.10 Å². The van der Waals surface area contributed by atoms with Crippen molar-refractivity contribution in [2.75, 3.05) is 5.32 Å². The van der Waals surface area contributed by atoms with Gasteiger partial charge in [-0.15, -0.1) is 0 Å². The number of carbonyl (C=O) groups is 1. The zero-order valence-corrected chi connectivity index (χ0v) is 21.7. The fraction of sp³-hybridized carbons (Fsp3) is 0.188. The number of carbonyl (C=O) groups excluding carboxylic acids is 1. The third kappa shape index (κ3) is 5.03. The Kier molecular flexibility index (Phi) is 6.63. The minimum atomic E-state index is -0.193. The topological polar surface area (TPSA) is 88.9 Å². The highest BCUT2D eigenvalue weighted by molar-refractivity contribution is 5.95. The second kappa shape index (κ2) is 10.5. The van der Waals surface area contributed by atoms with Crippen LogP contribution in [0.4, 0.5) is 11.4 Å². The minimum Gasteiger partial charge on any atom is -0.349 e. The van der Waals surface area contributed by atoms with E-state index in [2.05, 4.69) is 26.8 Å². The zero-order valence-electron chi connectivity index (χ0n) is 21.7. The first-order valence-corrected chi connectivity index (χ1v) is 13.3. The summed E-state index contributed by atoms with van der Waals surface area (Å²) >= 11 is 0. The zero-order chi connectivity index (χ0) is 26.8. The lowest BCUT2D eigenvalue weighted by Crippen LogP contribution is -2.39. The van der Waals surface area contributed by atoms with E-state index >= 15 is 0 Å². The summed E-state index contributed by atoms with van der Waals surface area (Å²) < 4.78 is 1.47. The van der Waals surface area contributed by atoms with Crippen molar-refractivity contribution in [3.63, 3.8) is 0 Å². The van der Waals surface area contributed by atoms with Gasteiger partial charge in [0.05, 0.1) is 17.6 Å². The summed E-state index contributed by atoms with van der Waals surface area (Å²) in [6.07, 6.45) is 6.84. The quantitative estimate of drug-likeness (QED) is 0.271. The molecule has 2 N–H and O–H groups in total. The number of aromatic nitrogens is 3. The summed E-state index contributed by atoms with van der Waals surface area (Å²) in [5.74, 6) is -0.0209. The maximum absolute atomic E-state index is 13.2. The minimum absolute atomic E-state index is 0.0209. The number of hydrogen-bond donors (Lipinski definition) is 2. The van der Waals surface area contributed by atoms with E-state index in [-0.39, 0.29) is 11.5 Å². The molecule has 7 nitrogen and oxygen atoms in total. The molecule has 0 unspecified atom stereocenters. The number of rotatable bonds is 7. The van der Waals surface area contributed by atoms with E-state index < -0.39 is 0 Å². The van der Waals surface area contributed by atoms with Gasteiger partial charge in [0, 0.05) is 40.7 Å². The molecule has 0 radical (unpaired) electrons. The Bertz CT molecular complexity index is 1720. The fourth-order valence-electron chi connectivity index (χ4n) is 4.84. The van der Waals surface area contributed by atoms with Crippen LogP contribution >= 0.6 is 0 Å². The normalized spacial score (nSPS) is 13.2. The first kappa shape index (κ1) is 24.6. The average Bonchev–Trinajstić information content (AvgIpc) is 2.96. The number of hydrogen-bond acceptors (Lipinski definition) is 5. The first-order chi connectivity index (χ1) is 19.1. The lowest BCUT2D eigenvalue weighted by atomic mass is 9.93. The molecular weight excluding hydrogens is 486 g/mol. The second-order valence-corrected chi connectivity index (χ2v) is 9.86. The number of amides is 1. The van der Waals surface area contributed by atoms with Crippen LogP contribution in [-0.4, -0.2) is 26.7 Å². The number of nitrogens with one attached hydrogen (secondary N) is 2. The highest BCUT2D eigenvalue weighted by atomic mass is 16.1. The van der Waals surface area contributed by atoms with Crippen LogP contribution in [0.15, 0.2) is 96.1 Å². The van der Waals surface area contributed by atoms with E-state index in [1.807, 2.05) is 79.9 Å². The molecule has 0 bridgehead atoms. The Labute approximate surface area is 226 Å². The van der Waals surface area contributed by atoms with Crippen LogP contribution in [-0.2, 0) is 6.54 Å². The van der Waals surface area contributed by atoms with E-state index in [1.54, 1.807) is 12.3 Å². The van der Waals surface area contributed by atoms with E-state index in [0.29, 0.717) is 29.5 Å². The molecule has 6 rings (SSSR count). The summed E-state index contributed by atoms with van der Waals surface area (Å²) in [5.41, 5.74) is 5.25. The van der Waals surface area contributed by atoms with Gasteiger partial charge in [0.2, 0.25) is 0 Å². The van der Waals surface area contributed by atoms with Crippen molar-refractivity contribution in [1.29, 1.82) is 0 Å². The van der Waals surface area contributed by atoms with Crippen LogP contribution in [0.2, 0.25) is 0 Å². The van der Waals surface area contributed by atoms with Gasteiger partial charge in [-0.3, -0.25) is 14.6 Å². The summed E-state index contributed by atoms with van der Waals surface area (Å²) in [5, 5.41) is 13.0.